The molecule has 31 heavy (non-hydrogen) atoms. The Morgan fingerprint density at radius 1 is 1.10 bits per heavy atom. The summed E-state index contributed by atoms with van der Waals surface area (Å²) in [6.07, 6.45) is 5.29. The number of carboxylic acids is 1. The molecule has 2 aromatic carbocycles. The van der Waals surface area contributed by atoms with E-state index in [0.717, 1.165) is 47.7 Å². The van der Waals surface area contributed by atoms with Crippen molar-refractivity contribution in [2.45, 2.75) is 19.3 Å². The summed E-state index contributed by atoms with van der Waals surface area (Å²) in [5.41, 5.74) is 3.51. The normalized spacial score (nSPS) is 18.8. The molecule has 5 nitrogen and oxygen atoms in total. The number of rotatable bonds is 6. The van der Waals surface area contributed by atoms with E-state index in [-0.39, 0.29) is 10.2 Å². The standard InChI is InChI=1S/C24H24N2O3S2/c27-22(28)16-26-23(29)21(31-24(26)30)15-18-6-8-20(9-7-18)25-12-10-19(11-13-25)14-17-4-2-1-3-5-17/h1-9,15,19H,10-14,16H2,(H,27,28)/b21-15-. The Morgan fingerprint density at radius 3 is 2.42 bits per heavy atom. The van der Waals surface area contributed by atoms with Crippen LogP contribution < -0.4 is 4.90 Å². The third-order valence-electron chi connectivity index (χ3n) is 5.70. The fourth-order valence-corrected chi connectivity index (χ4v) is 5.30. The van der Waals surface area contributed by atoms with Crippen LogP contribution in [-0.2, 0) is 16.0 Å². The number of nitrogens with zero attached hydrogens (tertiary/aromatic N) is 2. The van der Waals surface area contributed by atoms with Crippen LogP contribution in [-0.4, -0.2) is 45.8 Å². The first kappa shape index (κ1) is 21.6. The molecule has 0 spiro atoms. The maximum atomic E-state index is 12.4. The molecule has 0 aromatic heterocycles. The van der Waals surface area contributed by atoms with Crippen molar-refractivity contribution < 1.29 is 14.7 Å². The molecule has 0 unspecified atom stereocenters. The van der Waals surface area contributed by atoms with Crippen molar-refractivity contribution in [1.29, 1.82) is 0 Å². The highest BCUT2D eigenvalue weighted by Gasteiger charge is 2.33. The van der Waals surface area contributed by atoms with Gasteiger partial charge in [-0.25, -0.2) is 0 Å². The number of piperidine rings is 1. The van der Waals surface area contributed by atoms with Crippen LogP contribution in [0.5, 0.6) is 0 Å². The number of aliphatic carboxylic acids is 1. The number of hydrogen-bond donors (Lipinski definition) is 1. The van der Waals surface area contributed by atoms with Crippen molar-refractivity contribution in [2.24, 2.45) is 5.92 Å². The molecule has 7 heteroatoms. The highest BCUT2D eigenvalue weighted by Crippen LogP contribution is 2.33. The first-order valence-electron chi connectivity index (χ1n) is 10.4. The van der Waals surface area contributed by atoms with E-state index in [1.807, 2.05) is 12.1 Å². The van der Waals surface area contributed by atoms with Crippen LogP contribution in [0.2, 0.25) is 0 Å². The number of benzene rings is 2. The van der Waals surface area contributed by atoms with E-state index < -0.39 is 12.5 Å². The predicted molar refractivity (Wildman–Crippen MR) is 129 cm³/mol. The molecule has 2 aromatic rings. The van der Waals surface area contributed by atoms with E-state index in [1.54, 1.807) is 6.08 Å². The zero-order valence-corrected chi connectivity index (χ0v) is 18.7. The lowest BCUT2D eigenvalue weighted by atomic mass is 9.90. The average molecular weight is 453 g/mol. The molecule has 2 saturated heterocycles. The maximum Gasteiger partial charge on any atom is 0.323 e. The monoisotopic (exact) mass is 452 g/mol. The first-order chi connectivity index (χ1) is 15.0. The molecule has 0 aliphatic carbocycles. The molecule has 2 aliphatic rings. The number of anilines is 1. The predicted octanol–water partition coefficient (Wildman–Crippen LogP) is 4.43. The van der Waals surface area contributed by atoms with Crippen LogP contribution in [0.1, 0.15) is 24.0 Å². The van der Waals surface area contributed by atoms with E-state index in [1.165, 1.54) is 24.1 Å². The van der Waals surface area contributed by atoms with E-state index >= 15 is 0 Å². The molecule has 0 bridgehead atoms. The minimum absolute atomic E-state index is 0.286. The molecule has 1 N–H and O–H groups in total. The molecule has 0 saturated carbocycles. The third kappa shape index (κ3) is 5.35. The summed E-state index contributed by atoms with van der Waals surface area (Å²) in [4.78, 5) is 27.3. The summed E-state index contributed by atoms with van der Waals surface area (Å²) in [7, 11) is 0. The van der Waals surface area contributed by atoms with E-state index in [9.17, 15) is 9.59 Å². The van der Waals surface area contributed by atoms with Crippen LogP contribution in [0.25, 0.3) is 6.08 Å². The van der Waals surface area contributed by atoms with Crippen molar-refractivity contribution in [3.63, 3.8) is 0 Å². The minimum Gasteiger partial charge on any atom is -0.480 e. The topological polar surface area (TPSA) is 60.9 Å². The molecular formula is C24H24N2O3S2. The van der Waals surface area contributed by atoms with Gasteiger partial charge in [-0.05, 0) is 54.5 Å². The summed E-state index contributed by atoms with van der Waals surface area (Å²) < 4.78 is 0.286. The number of carboxylic acid groups (broad SMARTS) is 1. The number of carbonyl (C=O) groups is 2. The van der Waals surface area contributed by atoms with Crippen molar-refractivity contribution >= 4 is 51.9 Å². The van der Waals surface area contributed by atoms with Gasteiger partial charge in [-0.1, -0.05) is 66.4 Å². The lowest BCUT2D eigenvalue weighted by Gasteiger charge is -2.33. The molecule has 1 amide bonds. The quantitative estimate of drug-likeness (QED) is 0.517. The summed E-state index contributed by atoms with van der Waals surface area (Å²) >= 11 is 6.29. The Morgan fingerprint density at radius 2 is 1.77 bits per heavy atom. The SMILES string of the molecule is O=C(O)CN1C(=O)/C(=C/c2ccc(N3CCC(Cc4ccccc4)CC3)cc2)SC1=S. The van der Waals surface area contributed by atoms with E-state index in [0.29, 0.717) is 4.91 Å². The van der Waals surface area contributed by atoms with Gasteiger partial charge in [-0.3, -0.25) is 14.5 Å². The van der Waals surface area contributed by atoms with Crippen LogP contribution in [0.4, 0.5) is 5.69 Å². The van der Waals surface area contributed by atoms with Gasteiger partial charge in [-0.2, -0.15) is 0 Å². The van der Waals surface area contributed by atoms with Crippen molar-refractivity contribution in [1.82, 2.24) is 4.90 Å². The second-order valence-electron chi connectivity index (χ2n) is 7.87. The molecule has 4 rings (SSSR count). The summed E-state index contributed by atoms with van der Waals surface area (Å²) in [5, 5.41) is 8.94. The van der Waals surface area contributed by atoms with E-state index in [4.69, 9.17) is 17.3 Å². The Bertz CT molecular complexity index is 997. The van der Waals surface area contributed by atoms with Gasteiger partial charge < -0.3 is 10.0 Å². The lowest BCUT2D eigenvalue weighted by molar-refractivity contribution is -0.140. The van der Waals surface area contributed by atoms with E-state index in [2.05, 4.69) is 47.4 Å². The van der Waals surface area contributed by atoms with Gasteiger partial charge in [0, 0.05) is 18.8 Å². The van der Waals surface area contributed by atoms with Crippen LogP contribution >= 0.6 is 24.0 Å². The van der Waals surface area contributed by atoms with Crippen LogP contribution in [0.3, 0.4) is 0 Å². The number of carbonyl (C=O) groups excluding carboxylic acids is 1. The summed E-state index contributed by atoms with van der Waals surface area (Å²) in [6.45, 7) is 1.69. The van der Waals surface area contributed by atoms with Crippen LogP contribution in [0.15, 0.2) is 59.5 Å². The van der Waals surface area contributed by atoms with Crippen molar-refractivity contribution in [3.05, 3.63) is 70.6 Å². The number of thiocarbonyl (C=S) groups is 1. The highest BCUT2D eigenvalue weighted by atomic mass is 32.2. The largest absolute Gasteiger partial charge is 0.480 e. The fourth-order valence-electron chi connectivity index (χ4n) is 4.05. The van der Waals surface area contributed by atoms with Crippen molar-refractivity contribution in [3.8, 4) is 0 Å². The lowest BCUT2D eigenvalue weighted by Crippen LogP contribution is -2.34. The van der Waals surface area contributed by atoms with Gasteiger partial charge in [0.1, 0.15) is 10.9 Å². The number of hydrogen-bond acceptors (Lipinski definition) is 5. The third-order valence-corrected chi connectivity index (χ3v) is 7.08. The zero-order valence-electron chi connectivity index (χ0n) is 17.1. The second-order valence-corrected chi connectivity index (χ2v) is 9.55. The number of amides is 1. The molecular weight excluding hydrogens is 428 g/mol. The Balaban J connectivity index is 1.35. The highest BCUT2D eigenvalue weighted by molar-refractivity contribution is 8.26. The smallest absolute Gasteiger partial charge is 0.323 e. The fraction of sp³-hybridized carbons (Fsp3) is 0.292. The zero-order chi connectivity index (χ0) is 21.8. The van der Waals surface area contributed by atoms with Gasteiger partial charge in [0.25, 0.3) is 5.91 Å². The molecule has 2 heterocycles. The Labute approximate surface area is 191 Å². The van der Waals surface area contributed by atoms with Gasteiger partial charge in [0.15, 0.2) is 0 Å². The molecule has 2 aliphatic heterocycles. The molecule has 0 radical (unpaired) electrons. The minimum atomic E-state index is -1.07. The second kappa shape index (κ2) is 9.66. The Kier molecular flexibility index (Phi) is 6.73. The van der Waals surface area contributed by atoms with Gasteiger partial charge in [0.2, 0.25) is 0 Å². The van der Waals surface area contributed by atoms with Crippen LogP contribution in [0, 0.1) is 5.92 Å². The van der Waals surface area contributed by atoms with Crippen molar-refractivity contribution in [2.75, 3.05) is 24.5 Å². The molecule has 2 fully saturated rings. The van der Waals surface area contributed by atoms with Gasteiger partial charge in [-0.15, -0.1) is 0 Å². The van der Waals surface area contributed by atoms with Gasteiger partial charge in [0.05, 0.1) is 4.91 Å². The Hall–Kier alpha value is -2.64. The van der Waals surface area contributed by atoms with Gasteiger partial charge >= 0.3 is 5.97 Å². The summed E-state index contributed by atoms with van der Waals surface area (Å²) in [5.74, 6) is -0.693. The molecule has 160 valence electrons. The molecule has 0 atom stereocenters. The first-order valence-corrected chi connectivity index (χ1v) is 11.6. The average Bonchev–Trinajstić information content (AvgIpc) is 3.02. The number of thioether (sulfide) groups is 1. The maximum absolute atomic E-state index is 12.4. The summed E-state index contributed by atoms with van der Waals surface area (Å²) in [6, 6.07) is 18.9.